The van der Waals surface area contributed by atoms with E-state index in [0.717, 1.165) is 5.56 Å². The molecule has 0 aliphatic carbocycles. The monoisotopic (exact) mass is 345 g/mol. The first-order chi connectivity index (χ1) is 10.9. The molecule has 0 bridgehead atoms. The minimum atomic E-state index is -4.69. The summed E-state index contributed by atoms with van der Waals surface area (Å²) in [6.07, 6.45) is -3.16. The van der Waals surface area contributed by atoms with Gasteiger partial charge in [-0.05, 0) is 29.8 Å². The number of rotatable bonds is 7. The summed E-state index contributed by atoms with van der Waals surface area (Å²) in [5.74, 6) is 1.04. The first kappa shape index (κ1) is 17.3. The van der Waals surface area contributed by atoms with Gasteiger partial charge in [0.15, 0.2) is 0 Å². The standard InChI is InChI=1S/C15H14F3NO3S/c16-15(17,18)22-12-5-3-11(4-6-12)9-23-10-14(20)19-8-13-2-1-7-21-13/h1-7H,8-10H2,(H,19,20). The molecule has 4 nitrogen and oxygen atoms in total. The normalized spacial score (nSPS) is 11.3. The first-order valence-electron chi connectivity index (χ1n) is 6.64. The molecule has 0 unspecified atom stereocenters. The smallest absolute Gasteiger partial charge is 0.467 e. The molecular weight excluding hydrogens is 331 g/mol. The summed E-state index contributed by atoms with van der Waals surface area (Å²) in [7, 11) is 0. The van der Waals surface area contributed by atoms with Crippen LogP contribution in [0.1, 0.15) is 11.3 Å². The molecule has 1 aromatic carbocycles. The molecule has 0 aliphatic heterocycles. The Balaban J connectivity index is 1.68. The minimum Gasteiger partial charge on any atom is -0.467 e. The van der Waals surface area contributed by atoms with Crippen LogP contribution in [-0.2, 0) is 17.1 Å². The van der Waals surface area contributed by atoms with Gasteiger partial charge in [0, 0.05) is 5.75 Å². The van der Waals surface area contributed by atoms with Crippen molar-refractivity contribution in [3.8, 4) is 5.75 Å². The number of hydrogen-bond acceptors (Lipinski definition) is 4. The van der Waals surface area contributed by atoms with Gasteiger partial charge in [0.05, 0.1) is 18.6 Å². The van der Waals surface area contributed by atoms with Crippen molar-refractivity contribution in [2.45, 2.75) is 18.7 Å². The van der Waals surface area contributed by atoms with Gasteiger partial charge in [-0.25, -0.2) is 0 Å². The van der Waals surface area contributed by atoms with E-state index in [1.165, 1.54) is 42.3 Å². The Labute approximate surface area is 135 Å². The molecule has 2 rings (SSSR count). The predicted molar refractivity (Wildman–Crippen MR) is 79.8 cm³/mol. The van der Waals surface area contributed by atoms with Crippen molar-refractivity contribution in [2.24, 2.45) is 0 Å². The van der Waals surface area contributed by atoms with Crippen molar-refractivity contribution >= 4 is 17.7 Å². The second-order valence-electron chi connectivity index (χ2n) is 4.54. The maximum absolute atomic E-state index is 12.0. The number of halogens is 3. The fourth-order valence-corrected chi connectivity index (χ4v) is 2.52. The first-order valence-corrected chi connectivity index (χ1v) is 7.79. The molecule has 0 saturated heterocycles. The molecule has 1 N–H and O–H groups in total. The lowest BCUT2D eigenvalue weighted by molar-refractivity contribution is -0.274. The number of carbonyl (C=O) groups excluding carboxylic acids is 1. The van der Waals surface area contributed by atoms with Gasteiger partial charge in [0.2, 0.25) is 5.91 Å². The lowest BCUT2D eigenvalue weighted by atomic mass is 10.2. The third-order valence-electron chi connectivity index (χ3n) is 2.70. The Bertz CT molecular complexity index is 612. The highest BCUT2D eigenvalue weighted by atomic mass is 32.2. The highest BCUT2D eigenvalue weighted by molar-refractivity contribution is 7.99. The maximum Gasteiger partial charge on any atom is 0.573 e. The number of thioether (sulfide) groups is 1. The summed E-state index contributed by atoms with van der Waals surface area (Å²) in [6, 6.07) is 9.07. The third-order valence-corrected chi connectivity index (χ3v) is 3.70. The van der Waals surface area contributed by atoms with Gasteiger partial charge >= 0.3 is 6.36 Å². The maximum atomic E-state index is 12.0. The number of furan rings is 1. The van der Waals surface area contributed by atoms with Crippen LogP contribution in [0.15, 0.2) is 47.1 Å². The largest absolute Gasteiger partial charge is 0.573 e. The molecule has 0 fully saturated rings. The summed E-state index contributed by atoms with van der Waals surface area (Å²) in [5.41, 5.74) is 0.809. The molecule has 124 valence electrons. The molecule has 8 heteroatoms. The lowest BCUT2D eigenvalue weighted by Gasteiger charge is -2.09. The highest BCUT2D eigenvalue weighted by Gasteiger charge is 2.30. The van der Waals surface area contributed by atoms with Gasteiger partial charge in [-0.15, -0.1) is 24.9 Å². The molecule has 0 radical (unpaired) electrons. The molecule has 2 aromatic rings. The van der Waals surface area contributed by atoms with E-state index in [0.29, 0.717) is 18.1 Å². The van der Waals surface area contributed by atoms with E-state index in [1.54, 1.807) is 12.1 Å². The number of hydrogen-bond donors (Lipinski definition) is 1. The molecule has 0 saturated carbocycles. The van der Waals surface area contributed by atoms with Gasteiger partial charge < -0.3 is 14.5 Å². The van der Waals surface area contributed by atoms with Crippen molar-refractivity contribution in [1.29, 1.82) is 0 Å². The van der Waals surface area contributed by atoms with Crippen LogP contribution in [-0.4, -0.2) is 18.0 Å². The Morgan fingerprint density at radius 3 is 2.57 bits per heavy atom. The topological polar surface area (TPSA) is 51.5 Å². The average Bonchev–Trinajstić information content (AvgIpc) is 2.99. The third kappa shape index (κ3) is 6.68. The minimum absolute atomic E-state index is 0.136. The molecule has 0 spiro atoms. The zero-order chi connectivity index (χ0) is 16.7. The zero-order valence-corrected chi connectivity index (χ0v) is 12.7. The van der Waals surface area contributed by atoms with Crippen molar-refractivity contribution in [1.82, 2.24) is 5.32 Å². The second kappa shape index (κ2) is 7.96. The highest BCUT2D eigenvalue weighted by Crippen LogP contribution is 2.23. The number of amides is 1. The van der Waals surface area contributed by atoms with Gasteiger partial charge in [0.25, 0.3) is 0 Å². The number of ether oxygens (including phenoxy) is 1. The number of alkyl halides is 3. The van der Waals surface area contributed by atoms with E-state index < -0.39 is 6.36 Å². The van der Waals surface area contributed by atoms with E-state index in [1.807, 2.05) is 0 Å². The van der Waals surface area contributed by atoms with E-state index in [9.17, 15) is 18.0 Å². The Morgan fingerprint density at radius 2 is 1.96 bits per heavy atom. The predicted octanol–water partition coefficient (Wildman–Crippen LogP) is 3.73. The molecule has 1 heterocycles. The molecule has 1 amide bonds. The lowest BCUT2D eigenvalue weighted by Crippen LogP contribution is -2.24. The van der Waals surface area contributed by atoms with E-state index in [-0.39, 0.29) is 17.4 Å². The molecule has 1 aromatic heterocycles. The van der Waals surface area contributed by atoms with Crippen LogP contribution in [0.2, 0.25) is 0 Å². The van der Waals surface area contributed by atoms with Gasteiger partial charge in [-0.3, -0.25) is 4.79 Å². The van der Waals surface area contributed by atoms with Crippen molar-refractivity contribution < 1.29 is 27.1 Å². The molecule has 0 atom stereocenters. The summed E-state index contributed by atoms with van der Waals surface area (Å²) >= 11 is 1.36. The van der Waals surface area contributed by atoms with Crippen molar-refractivity contribution in [2.75, 3.05) is 5.75 Å². The average molecular weight is 345 g/mol. The summed E-state index contributed by atoms with van der Waals surface area (Å²) in [4.78, 5) is 11.6. The Morgan fingerprint density at radius 1 is 1.22 bits per heavy atom. The second-order valence-corrected chi connectivity index (χ2v) is 5.53. The van der Waals surface area contributed by atoms with Crippen LogP contribution < -0.4 is 10.1 Å². The van der Waals surface area contributed by atoms with Gasteiger partial charge in [-0.1, -0.05) is 12.1 Å². The van der Waals surface area contributed by atoms with Gasteiger partial charge in [0.1, 0.15) is 11.5 Å². The van der Waals surface area contributed by atoms with Crippen molar-refractivity contribution in [3.05, 3.63) is 54.0 Å². The number of nitrogens with one attached hydrogen (secondary N) is 1. The molecular formula is C15H14F3NO3S. The molecule has 23 heavy (non-hydrogen) atoms. The zero-order valence-electron chi connectivity index (χ0n) is 11.9. The Hall–Kier alpha value is -2.09. The number of benzene rings is 1. The van der Waals surface area contributed by atoms with Crippen LogP contribution >= 0.6 is 11.8 Å². The van der Waals surface area contributed by atoms with Crippen LogP contribution in [0, 0.1) is 0 Å². The SMILES string of the molecule is O=C(CSCc1ccc(OC(F)(F)F)cc1)NCc1ccco1. The summed E-state index contributed by atoms with van der Waals surface area (Å²) in [5, 5.41) is 2.71. The summed E-state index contributed by atoms with van der Waals surface area (Å²) in [6.45, 7) is 0.329. The quantitative estimate of drug-likeness (QED) is 0.831. The summed E-state index contributed by atoms with van der Waals surface area (Å²) < 4.78 is 45.0. The van der Waals surface area contributed by atoms with Crippen LogP contribution in [0.25, 0.3) is 0 Å². The Kier molecular flexibility index (Phi) is 5.97. The van der Waals surface area contributed by atoms with Crippen molar-refractivity contribution in [3.63, 3.8) is 0 Å². The fourth-order valence-electron chi connectivity index (χ4n) is 1.70. The molecule has 0 aliphatic rings. The van der Waals surface area contributed by atoms with E-state index in [4.69, 9.17) is 4.42 Å². The number of carbonyl (C=O) groups is 1. The van der Waals surface area contributed by atoms with E-state index >= 15 is 0 Å². The van der Waals surface area contributed by atoms with E-state index in [2.05, 4.69) is 10.1 Å². The van der Waals surface area contributed by atoms with Gasteiger partial charge in [-0.2, -0.15) is 0 Å². The van der Waals surface area contributed by atoms with Crippen LogP contribution in [0.5, 0.6) is 5.75 Å². The van der Waals surface area contributed by atoms with Crippen LogP contribution in [0.3, 0.4) is 0 Å². The van der Waals surface area contributed by atoms with Crippen LogP contribution in [0.4, 0.5) is 13.2 Å². The fraction of sp³-hybridized carbons (Fsp3) is 0.267.